The van der Waals surface area contributed by atoms with Crippen molar-refractivity contribution >= 4 is 43.7 Å². The van der Waals surface area contributed by atoms with Crippen molar-refractivity contribution in [2.24, 2.45) is 7.05 Å². The zero-order valence-electron chi connectivity index (χ0n) is 16.7. The maximum atomic E-state index is 14.9. The molecule has 12 heteroatoms. The molecule has 0 unspecified atom stereocenters. The van der Waals surface area contributed by atoms with E-state index in [1.807, 2.05) is 22.6 Å². The number of aryl methyl sites for hydroxylation is 1. The summed E-state index contributed by atoms with van der Waals surface area (Å²) in [6.45, 7) is 1.32. The van der Waals surface area contributed by atoms with E-state index in [0.29, 0.717) is 16.4 Å². The molecule has 3 aromatic rings. The molecule has 0 amide bonds. The summed E-state index contributed by atoms with van der Waals surface area (Å²) in [5.74, 6) is -1.20. The Labute approximate surface area is 189 Å². The summed E-state index contributed by atoms with van der Waals surface area (Å²) >= 11 is 1.91. The highest BCUT2D eigenvalue weighted by atomic mass is 127. The molecule has 9 nitrogen and oxygen atoms in total. The second-order valence-corrected chi connectivity index (χ2v) is 10.2. The lowest BCUT2D eigenvalue weighted by Crippen LogP contribution is -2.42. The van der Waals surface area contributed by atoms with Crippen molar-refractivity contribution in [2.45, 2.75) is 25.8 Å². The van der Waals surface area contributed by atoms with Gasteiger partial charge in [0.25, 0.3) is 11.1 Å². The van der Waals surface area contributed by atoms with Gasteiger partial charge in [0.1, 0.15) is 16.9 Å². The molecule has 2 heterocycles. The zero-order chi connectivity index (χ0) is 22.8. The molecule has 0 aliphatic heterocycles. The fourth-order valence-electron chi connectivity index (χ4n) is 3.55. The van der Waals surface area contributed by atoms with Gasteiger partial charge in [0.2, 0.25) is 0 Å². The molecular formula is C19H17FIN3O6S. The third-order valence-corrected chi connectivity index (χ3v) is 6.21. The van der Waals surface area contributed by atoms with Gasteiger partial charge in [-0.1, -0.05) is 0 Å². The Hall–Kier alpha value is -2.48. The third kappa shape index (κ3) is 3.60. The van der Waals surface area contributed by atoms with Crippen molar-refractivity contribution in [3.05, 3.63) is 64.3 Å². The summed E-state index contributed by atoms with van der Waals surface area (Å²) in [4.78, 5) is 39.5. The number of nitrogens with zero attached hydrogens (tertiary/aromatic N) is 3. The first-order chi connectivity index (χ1) is 14.4. The first kappa shape index (κ1) is 21.7. The highest BCUT2D eigenvalue weighted by molar-refractivity contribution is 14.1. The molecular weight excluding hydrogens is 544 g/mol. The third-order valence-electron chi connectivity index (χ3n) is 5.07. The summed E-state index contributed by atoms with van der Waals surface area (Å²) in [7, 11) is -2.79. The Morgan fingerprint density at radius 1 is 1.16 bits per heavy atom. The van der Waals surface area contributed by atoms with Crippen LogP contribution in [-0.2, 0) is 17.2 Å². The minimum Gasteiger partial charge on any atom is -0.381 e. The first-order valence-electron chi connectivity index (χ1n) is 9.18. The molecule has 0 atom stereocenters. The highest BCUT2D eigenvalue weighted by Gasteiger charge is 2.33. The van der Waals surface area contributed by atoms with Crippen LogP contribution in [0, 0.1) is 16.3 Å². The topological polar surface area (TPSA) is 109 Å². The second kappa shape index (κ2) is 7.29. The Morgan fingerprint density at radius 3 is 2.35 bits per heavy atom. The molecule has 1 aromatic carbocycles. The van der Waals surface area contributed by atoms with E-state index in [2.05, 4.69) is 0 Å². The Balaban J connectivity index is 2.32. The number of fused-ring (bicyclic) bond motifs is 1. The van der Waals surface area contributed by atoms with Gasteiger partial charge in [0.05, 0.1) is 17.5 Å². The number of pyridine rings is 1. The predicted octanol–water partition coefficient (Wildman–Crippen LogP) is 1.58. The molecule has 0 radical (unpaired) electrons. The van der Waals surface area contributed by atoms with Crippen molar-refractivity contribution in [1.29, 1.82) is 0 Å². The van der Waals surface area contributed by atoms with Gasteiger partial charge in [0, 0.05) is 16.7 Å². The van der Waals surface area contributed by atoms with E-state index < -0.39 is 44.5 Å². The molecule has 164 valence electrons. The van der Waals surface area contributed by atoms with Crippen molar-refractivity contribution < 1.29 is 17.0 Å². The van der Waals surface area contributed by atoms with Crippen LogP contribution < -0.4 is 21.0 Å². The molecule has 1 aliphatic rings. The largest absolute Gasteiger partial charge is 0.381 e. The molecule has 1 saturated carbocycles. The van der Waals surface area contributed by atoms with Crippen molar-refractivity contribution in [3.63, 3.8) is 0 Å². The van der Waals surface area contributed by atoms with Crippen LogP contribution in [0.1, 0.15) is 24.4 Å². The van der Waals surface area contributed by atoms with Crippen molar-refractivity contribution in [3.8, 4) is 11.4 Å². The molecule has 2 aromatic heterocycles. The van der Waals surface area contributed by atoms with Gasteiger partial charge >= 0.3 is 15.8 Å². The summed E-state index contributed by atoms with van der Waals surface area (Å²) in [5.41, 5.74) is -2.83. The van der Waals surface area contributed by atoms with Crippen LogP contribution in [0.5, 0.6) is 5.75 Å². The van der Waals surface area contributed by atoms with Gasteiger partial charge in [-0.15, -0.1) is 0 Å². The van der Waals surface area contributed by atoms with Crippen LogP contribution in [-0.4, -0.2) is 28.4 Å². The number of aromatic nitrogens is 3. The average molecular weight is 561 g/mol. The maximum Gasteiger partial charge on any atom is 0.337 e. The minimum absolute atomic E-state index is 0.117. The van der Waals surface area contributed by atoms with Crippen LogP contribution in [0.25, 0.3) is 16.7 Å². The van der Waals surface area contributed by atoms with Crippen LogP contribution in [0.15, 0.2) is 32.6 Å². The smallest absolute Gasteiger partial charge is 0.337 e. The Kier molecular flexibility index (Phi) is 5.11. The van der Waals surface area contributed by atoms with Crippen LogP contribution >= 0.6 is 22.6 Å². The Morgan fingerprint density at radius 2 is 1.81 bits per heavy atom. The van der Waals surface area contributed by atoms with Gasteiger partial charge in [0.15, 0.2) is 5.75 Å². The summed E-state index contributed by atoms with van der Waals surface area (Å²) in [5, 5.41) is -0.283. The molecule has 0 spiro atoms. The molecule has 1 fully saturated rings. The molecule has 0 bridgehead atoms. The maximum absolute atomic E-state index is 14.9. The molecule has 4 rings (SSSR count). The lowest BCUT2D eigenvalue weighted by molar-refractivity contribution is 0.491. The summed E-state index contributed by atoms with van der Waals surface area (Å²) in [6.07, 6.45) is 1.93. The second-order valence-electron chi connectivity index (χ2n) is 7.42. The Bertz CT molecular complexity index is 1550. The summed E-state index contributed by atoms with van der Waals surface area (Å²) < 4.78 is 47.2. The number of hydrogen-bond acceptors (Lipinski definition) is 6. The quantitative estimate of drug-likeness (QED) is 0.354. The molecule has 0 saturated heterocycles. The number of hydrogen-bond donors (Lipinski definition) is 0. The standard InChI is InChI=1S/C19H17FIN3O6S/c1-9-15(30-31(3,28)29)14-16(22(2)17(9)25)24(13-7-4-10(21)8-12(13)20)19(27)23(18(14)26)11-5-6-11/h4,7-8,11H,5-6H2,1-3H3. The number of halogens is 2. The van der Waals surface area contributed by atoms with Crippen LogP contribution in [0.2, 0.25) is 0 Å². The number of benzene rings is 1. The molecule has 0 N–H and O–H groups in total. The number of rotatable bonds is 4. The lowest BCUT2D eigenvalue weighted by atomic mass is 10.2. The lowest BCUT2D eigenvalue weighted by Gasteiger charge is -2.19. The van der Waals surface area contributed by atoms with Crippen molar-refractivity contribution in [2.75, 3.05) is 6.26 Å². The molecule has 31 heavy (non-hydrogen) atoms. The van der Waals surface area contributed by atoms with Crippen LogP contribution in [0.4, 0.5) is 4.39 Å². The summed E-state index contributed by atoms with van der Waals surface area (Å²) in [6, 6.07) is 3.75. The van der Waals surface area contributed by atoms with Crippen molar-refractivity contribution in [1.82, 2.24) is 13.7 Å². The van der Waals surface area contributed by atoms with E-state index in [9.17, 15) is 27.2 Å². The van der Waals surface area contributed by atoms with Gasteiger partial charge in [-0.05, 0) is 60.6 Å². The van der Waals surface area contributed by atoms with E-state index in [-0.39, 0.29) is 22.3 Å². The van der Waals surface area contributed by atoms with E-state index in [0.717, 1.165) is 20.0 Å². The van der Waals surface area contributed by atoms with Crippen LogP contribution in [0.3, 0.4) is 0 Å². The SMILES string of the molecule is Cc1c(OS(C)(=O)=O)c2c(=O)n(C3CC3)c(=O)n(-c3ccc(I)cc3F)c2n(C)c1=O. The molecule has 1 aliphatic carbocycles. The van der Waals surface area contributed by atoms with Gasteiger partial charge in [-0.2, -0.15) is 8.42 Å². The fourth-order valence-corrected chi connectivity index (χ4v) is 4.52. The minimum atomic E-state index is -4.12. The van der Waals surface area contributed by atoms with Gasteiger partial charge in [-0.25, -0.2) is 13.8 Å². The van der Waals surface area contributed by atoms with E-state index >= 15 is 0 Å². The predicted molar refractivity (Wildman–Crippen MR) is 120 cm³/mol. The first-order valence-corrected chi connectivity index (χ1v) is 12.1. The average Bonchev–Trinajstić information content (AvgIpc) is 3.48. The zero-order valence-corrected chi connectivity index (χ0v) is 19.7. The normalized spacial score (nSPS) is 14.2. The van der Waals surface area contributed by atoms with Gasteiger partial charge < -0.3 is 4.18 Å². The fraction of sp³-hybridized carbons (Fsp3) is 0.316. The highest BCUT2D eigenvalue weighted by Crippen LogP contribution is 2.34. The van der Waals surface area contributed by atoms with Gasteiger partial charge in [-0.3, -0.25) is 18.7 Å². The van der Waals surface area contributed by atoms with E-state index in [4.69, 9.17) is 4.18 Å². The van der Waals surface area contributed by atoms with E-state index in [1.54, 1.807) is 6.07 Å². The van der Waals surface area contributed by atoms with E-state index in [1.165, 1.54) is 26.1 Å². The monoisotopic (exact) mass is 561 g/mol.